The summed E-state index contributed by atoms with van der Waals surface area (Å²) in [6.07, 6.45) is 10.5. The summed E-state index contributed by atoms with van der Waals surface area (Å²) < 4.78 is 54.3. The van der Waals surface area contributed by atoms with Gasteiger partial charge in [-0.3, -0.25) is 0 Å². The highest BCUT2D eigenvalue weighted by Crippen LogP contribution is 2.40. The third kappa shape index (κ3) is 7.95. The molecule has 1 nitrogen and oxygen atoms in total. The van der Waals surface area contributed by atoms with Gasteiger partial charge >= 0.3 is 12.5 Å². The van der Waals surface area contributed by atoms with Crippen LogP contribution in [0.4, 0.5) is 17.6 Å². The van der Waals surface area contributed by atoms with Crippen LogP contribution < -0.4 is 4.74 Å². The van der Waals surface area contributed by atoms with Gasteiger partial charge in [-0.15, -0.1) is 0 Å². The van der Waals surface area contributed by atoms with Gasteiger partial charge in [0.25, 0.3) is 0 Å². The molecule has 1 aromatic rings. The Morgan fingerprint density at radius 3 is 1.78 bits per heavy atom. The average molecular weight is 457 g/mol. The van der Waals surface area contributed by atoms with Crippen LogP contribution in [0.1, 0.15) is 108 Å². The maximum absolute atomic E-state index is 13.0. The van der Waals surface area contributed by atoms with E-state index < -0.39 is 12.5 Å². The minimum absolute atomic E-state index is 0.0765. The fourth-order valence-corrected chi connectivity index (χ4v) is 5.75. The Bertz CT molecular complexity index is 641. The molecule has 182 valence electrons. The second kappa shape index (κ2) is 12.3. The lowest BCUT2D eigenvalue weighted by Crippen LogP contribution is -2.29. The lowest BCUT2D eigenvalue weighted by molar-refractivity contribution is -0.236. The van der Waals surface area contributed by atoms with Crippen LogP contribution in [0.25, 0.3) is 0 Å². The van der Waals surface area contributed by atoms with Gasteiger partial charge in [-0.2, -0.15) is 17.6 Å². The van der Waals surface area contributed by atoms with Crippen LogP contribution >= 0.6 is 0 Å². The van der Waals surface area contributed by atoms with Gasteiger partial charge in [0, 0.05) is 0 Å². The minimum Gasteiger partial charge on any atom is -0.452 e. The van der Waals surface area contributed by atoms with Crippen LogP contribution in [0.3, 0.4) is 0 Å². The monoisotopic (exact) mass is 456 g/mol. The topological polar surface area (TPSA) is 9.23 Å². The van der Waals surface area contributed by atoms with Gasteiger partial charge in [-0.25, -0.2) is 0 Å². The molecule has 0 radical (unpaired) electrons. The quantitative estimate of drug-likeness (QED) is 0.252. The van der Waals surface area contributed by atoms with Crippen LogP contribution in [0, 0.1) is 17.8 Å². The smallest absolute Gasteiger partial charge is 0.452 e. The number of ether oxygens (including phenoxy) is 1. The first-order valence-corrected chi connectivity index (χ1v) is 12.8. The van der Waals surface area contributed by atoms with Crippen molar-refractivity contribution in [1.29, 1.82) is 0 Å². The first-order chi connectivity index (χ1) is 15.3. The van der Waals surface area contributed by atoms with Crippen molar-refractivity contribution in [3.05, 3.63) is 29.8 Å². The highest BCUT2D eigenvalue weighted by molar-refractivity contribution is 5.30. The number of halogens is 4. The Balaban J connectivity index is 1.33. The van der Waals surface area contributed by atoms with Gasteiger partial charge < -0.3 is 4.74 Å². The Morgan fingerprint density at radius 1 is 0.781 bits per heavy atom. The van der Waals surface area contributed by atoms with Gasteiger partial charge in [-0.1, -0.05) is 83.3 Å². The van der Waals surface area contributed by atoms with Gasteiger partial charge in [0.15, 0.2) is 0 Å². The van der Waals surface area contributed by atoms with E-state index in [4.69, 9.17) is 0 Å². The third-order valence-electron chi connectivity index (χ3n) is 7.86. The van der Waals surface area contributed by atoms with Crippen LogP contribution in [0.5, 0.6) is 5.75 Å². The molecule has 2 aliphatic rings. The molecule has 32 heavy (non-hydrogen) atoms. The standard InChI is InChI=1S/C27H40F4O/c1-2-3-4-5-20-6-8-21(9-7-20)10-11-22-12-14-23(15-13-22)24-16-18-25(19-17-24)32-26(28)27(29,30)31/h16-23,26H,2-15H2,1H3. The van der Waals surface area contributed by atoms with E-state index in [1.807, 2.05) is 0 Å². The van der Waals surface area contributed by atoms with E-state index in [0.717, 1.165) is 36.2 Å². The molecule has 1 atom stereocenters. The Morgan fingerprint density at radius 2 is 1.28 bits per heavy atom. The molecule has 0 spiro atoms. The SMILES string of the molecule is CCCCCC1CCC(CCC2CCC(c3ccc(OC(F)C(F)(F)F)cc3)CC2)CC1. The van der Waals surface area contributed by atoms with Crippen LogP contribution in [-0.4, -0.2) is 12.5 Å². The van der Waals surface area contributed by atoms with Crippen LogP contribution in [0.2, 0.25) is 0 Å². The normalized spacial score (nSPS) is 27.8. The highest BCUT2D eigenvalue weighted by Gasteiger charge is 2.42. The summed E-state index contributed by atoms with van der Waals surface area (Å²) in [5.41, 5.74) is 1.12. The van der Waals surface area contributed by atoms with Crippen molar-refractivity contribution < 1.29 is 22.3 Å². The molecule has 2 saturated carbocycles. The van der Waals surface area contributed by atoms with Crippen molar-refractivity contribution in [2.75, 3.05) is 0 Å². The summed E-state index contributed by atoms with van der Waals surface area (Å²) in [7, 11) is 0. The predicted octanol–water partition coefficient (Wildman–Crippen LogP) is 9.36. The second-order valence-corrected chi connectivity index (χ2v) is 10.2. The summed E-state index contributed by atoms with van der Waals surface area (Å²) in [6.45, 7) is 2.28. The van der Waals surface area contributed by atoms with E-state index in [-0.39, 0.29) is 5.75 Å². The van der Waals surface area contributed by atoms with Crippen molar-refractivity contribution in [3.8, 4) is 5.75 Å². The molecule has 0 heterocycles. The Labute approximate surface area is 191 Å². The molecule has 0 saturated heterocycles. The van der Waals surface area contributed by atoms with Gasteiger partial charge in [0.1, 0.15) is 5.75 Å². The molecule has 3 rings (SSSR count). The molecule has 1 unspecified atom stereocenters. The molecular weight excluding hydrogens is 416 g/mol. The van der Waals surface area contributed by atoms with Crippen molar-refractivity contribution in [3.63, 3.8) is 0 Å². The first kappa shape index (κ1) is 25.4. The van der Waals surface area contributed by atoms with E-state index in [1.165, 1.54) is 89.2 Å². The molecule has 0 amide bonds. The first-order valence-electron chi connectivity index (χ1n) is 12.8. The van der Waals surface area contributed by atoms with Crippen LogP contribution in [0.15, 0.2) is 24.3 Å². The summed E-state index contributed by atoms with van der Waals surface area (Å²) in [5.74, 6) is 3.10. The lowest BCUT2D eigenvalue weighted by Gasteiger charge is -2.32. The number of alkyl halides is 4. The van der Waals surface area contributed by atoms with Gasteiger partial charge in [-0.05, 0) is 67.1 Å². The fourth-order valence-electron chi connectivity index (χ4n) is 5.75. The molecule has 0 aromatic heterocycles. The maximum Gasteiger partial charge on any atom is 0.457 e. The molecule has 2 aliphatic carbocycles. The zero-order valence-corrected chi connectivity index (χ0v) is 19.5. The molecule has 0 bridgehead atoms. The Kier molecular flexibility index (Phi) is 9.73. The molecule has 1 aromatic carbocycles. The predicted molar refractivity (Wildman–Crippen MR) is 122 cm³/mol. The van der Waals surface area contributed by atoms with E-state index in [9.17, 15) is 17.6 Å². The lowest BCUT2D eigenvalue weighted by atomic mass is 9.74. The summed E-state index contributed by atoms with van der Waals surface area (Å²) in [5, 5.41) is 0. The average Bonchev–Trinajstić information content (AvgIpc) is 2.79. The third-order valence-corrected chi connectivity index (χ3v) is 7.86. The molecule has 2 fully saturated rings. The number of unbranched alkanes of at least 4 members (excludes halogenated alkanes) is 2. The number of hydrogen-bond donors (Lipinski definition) is 0. The zero-order chi connectivity index (χ0) is 23.0. The van der Waals surface area contributed by atoms with E-state index >= 15 is 0 Å². The van der Waals surface area contributed by atoms with Crippen molar-refractivity contribution >= 4 is 0 Å². The van der Waals surface area contributed by atoms with E-state index in [2.05, 4.69) is 11.7 Å². The van der Waals surface area contributed by atoms with Crippen LogP contribution in [-0.2, 0) is 0 Å². The van der Waals surface area contributed by atoms with E-state index in [1.54, 1.807) is 12.1 Å². The van der Waals surface area contributed by atoms with Gasteiger partial charge in [0.2, 0.25) is 0 Å². The highest BCUT2D eigenvalue weighted by atomic mass is 19.4. The zero-order valence-electron chi connectivity index (χ0n) is 19.5. The number of benzene rings is 1. The van der Waals surface area contributed by atoms with Crippen molar-refractivity contribution in [1.82, 2.24) is 0 Å². The number of hydrogen-bond acceptors (Lipinski definition) is 1. The van der Waals surface area contributed by atoms with Gasteiger partial charge in [0.05, 0.1) is 0 Å². The summed E-state index contributed by atoms with van der Waals surface area (Å²) >= 11 is 0. The fraction of sp³-hybridized carbons (Fsp3) is 0.778. The second-order valence-electron chi connectivity index (χ2n) is 10.2. The van der Waals surface area contributed by atoms with E-state index in [0.29, 0.717) is 5.92 Å². The Hall–Kier alpha value is -1.26. The minimum atomic E-state index is -5.00. The summed E-state index contributed by atoms with van der Waals surface area (Å²) in [4.78, 5) is 0. The summed E-state index contributed by atoms with van der Waals surface area (Å²) in [6, 6.07) is 6.50. The van der Waals surface area contributed by atoms with Crippen molar-refractivity contribution in [2.45, 2.75) is 115 Å². The van der Waals surface area contributed by atoms with Crippen molar-refractivity contribution in [2.24, 2.45) is 17.8 Å². The number of rotatable bonds is 10. The molecular formula is C27H40F4O. The largest absolute Gasteiger partial charge is 0.457 e. The molecule has 0 N–H and O–H groups in total. The maximum atomic E-state index is 13.0. The molecule has 0 aliphatic heterocycles. The molecule has 5 heteroatoms.